The molecule has 6 nitrogen and oxygen atoms in total. The third-order valence-electron chi connectivity index (χ3n) is 6.45. The highest BCUT2D eigenvalue weighted by Crippen LogP contribution is 2.40. The summed E-state index contributed by atoms with van der Waals surface area (Å²) in [5.41, 5.74) is 2.19. The van der Waals surface area contributed by atoms with Gasteiger partial charge in [0, 0.05) is 55.9 Å². The molecule has 2 fully saturated rings. The SMILES string of the molecule is c1cncc([C@@H]2CN(CC3CCCCC3)C[C@H]2c2nc(-c3ccncc3)no2)c1. The first kappa shape index (κ1) is 18.4. The fourth-order valence-corrected chi connectivity index (χ4v) is 4.96. The Morgan fingerprint density at radius 1 is 0.931 bits per heavy atom. The molecule has 3 aromatic heterocycles. The van der Waals surface area contributed by atoms with Gasteiger partial charge in [0.05, 0.1) is 5.92 Å². The highest BCUT2D eigenvalue weighted by Gasteiger charge is 2.39. The standard InChI is InChI=1S/C23H27N5O/c1-2-5-17(6-3-1)14-28-15-20(19-7-4-10-25-13-19)21(16-28)23-26-22(27-29-23)18-8-11-24-12-9-18/h4,7-13,17,20-21H,1-3,5-6,14-16H2/t20-,21+/m0/s1. The predicted molar refractivity (Wildman–Crippen MR) is 110 cm³/mol. The van der Waals surface area contributed by atoms with E-state index in [1.54, 1.807) is 12.4 Å². The van der Waals surface area contributed by atoms with Crippen molar-refractivity contribution in [3.63, 3.8) is 0 Å². The third-order valence-corrected chi connectivity index (χ3v) is 6.45. The van der Waals surface area contributed by atoms with E-state index in [-0.39, 0.29) is 5.92 Å². The Hall–Kier alpha value is -2.60. The Morgan fingerprint density at radius 2 is 1.76 bits per heavy atom. The van der Waals surface area contributed by atoms with Crippen molar-refractivity contribution in [2.75, 3.05) is 19.6 Å². The molecule has 0 unspecified atom stereocenters. The molecule has 0 aromatic carbocycles. The average molecular weight is 390 g/mol. The summed E-state index contributed by atoms with van der Waals surface area (Å²) in [6, 6.07) is 8.02. The minimum absolute atomic E-state index is 0.200. The quantitative estimate of drug-likeness (QED) is 0.648. The van der Waals surface area contributed by atoms with Gasteiger partial charge in [0.2, 0.25) is 11.7 Å². The Balaban J connectivity index is 1.39. The van der Waals surface area contributed by atoms with E-state index in [1.807, 2.05) is 30.6 Å². The van der Waals surface area contributed by atoms with E-state index in [0.29, 0.717) is 11.7 Å². The smallest absolute Gasteiger partial charge is 0.232 e. The molecule has 0 bridgehead atoms. The van der Waals surface area contributed by atoms with Gasteiger partial charge >= 0.3 is 0 Å². The number of hydrogen-bond acceptors (Lipinski definition) is 6. The van der Waals surface area contributed by atoms with Crippen molar-refractivity contribution >= 4 is 0 Å². The number of aromatic nitrogens is 4. The molecular weight excluding hydrogens is 362 g/mol. The third kappa shape index (κ3) is 4.08. The Bertz CT molecular complexity index is 907. The first-order valence-electron chi connectivity index (χ1n) is 10.7. The van der Waals surface area contributed by atoms with E-state index in [9.17, 15) is 0 Å². The van der Waals surface area contributed by atoms with Crippen molar-refractivity contribution in [3.05, 3.63) is 60.5 Å². The fraction of sp³-hybridized carbons (Fsp3) is 0.478. The van der Waals surface area contributed by atoms with Gasteiger partial charge in [-0.2, -0.15) is 4.98 Å². The second-order valence-corrected chi connectivity index (χ2v) is 8.41. The van der Waals surface area contributed by atoms with Crippen LogP contribution in [0.3, 0.4) is 0 Å². The lowest BCUT2D eigenvalue weighted by Gasteiger charge is -2.26. The lowest BCUT2D eigenvalue weighted by molar-refractivity contribution is 0.228. The van der Waals surface area contributed by atoms with Crippen LogP contribution in [0.4, 0.5) is 0 Å². The van der Waals surface area contributed by atoms with E-state index in [2.05, 4.69) is 26.1 Å². The largest absolute Gasteiger partial charge is 0.339 e. The summed E-state index contributed by atoms with van der Waals surface area (Å²) in [5, 5.41) is 4.25. The monoisotopic (exact) mass is 389 g/mol. The fourth-order valence-electron chi connectivity index (χ4n) is 4.96. The van der Waals surface area contributed by atoms with Crippen LogP contribution < -0.4 is 0 Å². The normalized spacial score (nSPS) is 23.4. The van der Waals surface area contributed by atoms with Crippen molar-refractivity contribution in [2.24, 2.45) is 5.92 Å². The van der Waals surface area contributed by atoms with Crippen LogP contribution in [0, 0.1) is 5.92 Å². The van der Waals surface area contributed by atoms with Gasteiger partial charge in [-0.3, -0.25) is 9.97 Å². The zero-order chi connectivity index (χ0) is 19.5. The molecule has 2 atom stereocenters. The average Bonchev–Trinajstić information content (AvgIpc) is 3.43. The molecule has 1 aliphatic heterocycles. The molecule has 0 spiro atoms. The zero-order valence-corrected chi connectivity index (χ0v) is 16.7. The maximum absolute atomic E-state index is 5.76. The molecule has 0 radical (unpaired) electrons. The van der Waals surface area contributed by atoms with Crippen LogP contribution in [0.2, 0.25) is 0 Å². The second kappa shape index (κ2) is 8.41. The van der Waals surface area contributed by atoms with Crippen molar-refractivity contribution in [1.82, 2.24) is 25.0 Å². The first-order chi connectivity index (χ1) is 14.4. The van der Waals surface area contributed by atoms with Gasteiger partial charge in [0.25, 0.3) is 0 Å². The molecule has 2 aliphatic rings. The zero-order valence-electron chi connectivity index (χ0n) is 16.7. The van der Waals surface area contributed by atoms with E-state index in [4.69, 9.17) is 9.51 Å². The van der Waals surface area contributed by atoms with Crippen LogP contribution >= 0.6 is 0 Å². The molecule has 5 rings (SSSR count). The van der Waals surface area contributed by atoms with Crippen LogP contribution in [-0.2, 0) is 0 Å². The van der Waals surface area contributed by atoms with Crippen LogP contribution in [0.15, 0.2) is 53.6 Å². The van der Waals surface area contributed by atoms with Crippen molar-refractivity contribution < 1.29 is 4.52 Å². The topological polar surface area (TPSA) is 67.9 Å². The highest BCUT2D eigenvalue weighted by molar-refractivity contribution is 5.52. The van der Waals surface area contributed by atoms with Gasteiger partial charge in [0.15, 0.2) is 0 Å². The van der Waals surface area contributed by atoms with Crippen LogP contribution in [0.5, 0.6) is 0 Å². The van der Waals surface area contributed by atoms with Crippen LogP contribution in [-0.4, -0.2) is 44.6 Å². The van der Waals surface area contributed by atoms with Gasteiger partial charge in [-0.1, -0.05) is 30.5 Å². The summed E-state index contributed by atoms with van der Waals surface area (Å²) in [6.45, 7) is 3.17. The summed E-state index contributed by atoms with van der Waals surface area (Å²) in [7, 11) is 0. The maximum Gasteiger partial charge on any atom is 0.232 e. The summed E-state index contributed by atoms with van der Waals surface area (Å²) in [6.07, 6.45) is 14.2. The maximum atomic E-state index is 5.76. The lowest BCUT2D eigenvalue weighted by atomic mass is 9.89. The van der Waals surface area contributed by atoms with Crippen LogP contribution in [0.25, 0.3) is 11.4 Å². The molecule has 1 saturated heterocycles. The lowest BCUT2D eigenvalue weighted by Crippen LogP contribution is -2.28. The number of likely N-dealkylation sites (tertiary alicyclic amines) is 1. The predicted octanol–water partition coefficient (Wildman–Crippen LogP) is 4.29. The molecule has 29 heavy (non-hydrogen) atoms. The number of rotatable bonds is 5. The molecule has 4 heterocycles. The molecule has 0 amide bonds. The van der Waals surface area contributed by atoms with Crippen molar-refractivity contribution in [2.45, 2.75) is 43.9 Å². The summed E-state index contributed by atoms with van der Waals surface area (Å²) >= 11 is 0. The molecule has 6 heteroatoms. The summed E-state index contributed by atoms with van der Waals surface area (Å²) < 4.78 is 5.76. The van der Waals surface area contributed by atoms with E-state index in [0.717, 1.165) is 30.5 Å². The number of nitrogens with zero attached hydrogens (tertiary/aromatic N) is 5. The number of hydrogen-bond donors (Lipinski definition) is 0. The Labute approximate surface area is 171 Å². The van der Waals surface area contributed by atoms with Crippen molar-refractivity contribution in [1.29, 1.82) is 0 Å². The van der Waals surface area contributed by atoms with Gasteiger partial charge in [-0.05, 0) is 42.5 Å². The molecule has 0 N–H and O–H groups in total. The summed E-state index contributed by atoms with van der Waals surface area (Å²) in [4.78, 5) is 15.8. The molecule has 150 valence electrons. The minimum Gasteiger partial charge on any atom is -0.339 e. The van der Waals surface area contributed by atoms with Gasteiger partial charge in [-0.15, -0.1) is 0 Å². The summed E-state index contributed by atoms with van der Waals surface area (Å²) in [5.74, 6) is 2.73. The van der Waals surface area contributed by atoms with Gasteiger partial charge in [-0.25, -0.2) is 0 Å². The van der Waals surface area contributed by atoms with E-state index in [1.165, 1.54) is 44.2 Å². The van der Waals surface area contributed by atoms with Gasteiger partial charge in [0.1, 0.15) is 0 Å². The minimum atomic E-state index is 0.200. The molecule has 1 aliphatic carbocycles. The Morgan fingerprint density at radius 3 is 2.55 bits per heavy atom. The Kier molecular flexibility index (Phi) is 5.35. The molecule has 1 saturated carbocycles. The van der Waals surface area contributed by atoms with Gasteiger partial charge < -0.3 is 9.42 Å². The van der Waals surface area contributed by atoms with Crippen LogP contribution in [0.1, 0.15) is 55.4 Å². The van der Waals surface area contributed by atoms with E-state index < -0.39 is 0 Å². The van der Waals surface area contributed by atoms with E-state index >= 15 is 0 Å². The molecular formula is C23H27N5O. The number of pyridine rings is 2. The second-order valence-electron chi connectivity index (χ2n) is 8.41. The van der Waals surface area contributed by atoms with Crippen molar-refractivity contribution in [3.8, 4) is 11.4 Å². The highest BCUT2D eigenvalue weighted by atomic mass is 16.5. The molecule has 3 aromatic rings. The first-order valence-corrected chi connectivity index (χ1v) is 10.7.